The first kappa shape index (κ1) is 9.02. The average Bonchev–Trinajstić information content (AvgIpc) is 2.08. The lowest BCUT2D eigenvalue weighted by atomic mass is 10.0. The topological polar surface area (TPSA) is 36.7 Å². The number of nitrogens with zero attached hydrogens (tertiary/aromatic N) is 2. The fourth-order valence-corrected chi connectivity index (χ4v) is 1.39. The monoisotopic (exact) mass is 180 g/mol. The minimum atomic E-state index is 0.306. The molecule has 0 bridgehead atoms. The Labute approximate surface area is 76.8 Å². The van der Waals surface area contributed by atoms with E-state index in [1.54, 1.807) is 6.20 Å². The Balaban J connectivity index is 3.41. The summed E-state index contributed by atoms with van der Waals surface area (Å²) in [4.78, 5) is 3.90. The van der Waals surface area contributed by atoms with Crippen LogP contribution in [-0.2, 0) is 6.42 Å². The van der Waals surface area contributed by atoms with E-state index in [-0.39, 0.29) is 0 Å². The molecule has 0 saturated heterocycles. The summed E-state index contributed by atoms with van der Waals surface area (Å²) < 4.78 is 0. The van der Waals surface area contributed by atoms with Gasteiger partial charge in [0.05, 0.1) is 5.56 Å². The van der Waals surface area contributed by atoms with Gasteiger partial charge >= 0.3 is 0 Å². The van der Waals surface area contributed by atoms with Crippen molar-refractivity contribution in [3.05, 3.63) is 28.0 Å². The molecule has 0 fully saturated rings. The van der Waals surface area contributed by atoms with E-state index in [9.17, 15) is 0 Å². The van der Waals surface area contributed by atoms with Gasteiger partial charge in [-0.3, -0.25) is 0 Å². The van der Waals surface area contributed by atoms with E-state index in [2.05, 4.69) is 11.1 Å². The molecule has 0 atom stereocenters. The number of rotatable bonds is 1. The highest BCUT2D eigenvalue weighted by Gasteiger charge is 2.08. The van der Waals surface area contributed by atoms with Crippen LogP contribution in [0.1, 0.15) is 23.6 Å². The minimum Gasteiger partial charge on any atom is -0.243 e. The minimum absolute atomic E-state index is 0.306. The van der Waals surface area contributed by atoms with Crippen LogP contribution in [0.2, 0.25) is 5.15 Å². The molecule has 0 aliphatic rings. The second kappa shape index (κ2) is 3.55. The molecule has 0 aromatic carbocycles. The maximum atomic E-state index is 8.78. The number of nitriles is 1. The Morgan fingerprint density at radius 1 is 1.67 bits per heavy atom. The molecule has 0 unspecified atom stereocenters. The smallest absolute Gasteiger partial charge is 0.147 e. The predicted molar refractivity (Wildman–Crippen MR) is 48.1 cm³/mol. The number of halogens is 1. The third-order valence-electron chi connectivity index (χ3n) is 1.82. The normalized spacial score (nSPS) is 9.50. The highest BCUT2D eigenvalue weighted by atomic mass is 35.5. The van der Waals surface area contributed by atoms with Gasteiger partial charge in [-0.25, -0.2) is 4.98 Å². The van der Waals surface area contributed by atoms with E-state index in [1.807, 2.05) is 13.8 Å². The van der Waals surface area contributed by atoms with Crippen molar-refractivity contribution in [1.82, 2.24) is 4.98 Å². The lowest BCUT2D eigenvalue weighted by Crippen LogP contribution is -1.95. The maximum Gasteiger partial charge on any atom is 0.147 e. The maximum absolute atomic E-state index is 8.78. The molecule has 0 aliphatic heterocycles. The fourth-order valence-electron chi connectivity index (χ4n) is 1.19. The first-order chi connectivity index (χ1) is 5.70. The number of hydrogen-bond acceptors (Lipinski definition) is 2. The van der Waals surface area contributed by atoms with Gasteiger partial charge in [-0.05, 0) is 24.5 Å². The number of hydrogen-bond donors (Lipinski definition) is 0. The van der Waals surface area contributed by atoms with Gasteiger partial charge in [-0.2, -0.15) is 5.26 Å². The highest BCUT2D eigenvalue weighted by molar-refractivity contribution is 6.30. The van der Waals surface area contributed by atoms with E-state index >= 15 is 0 Å². The van der Waals surface area contributed by atoms with Gasteiger partial charge in [0.15, 0.2) is 0 Å². The molecule has 62 valence electrons. The van der Waals surface area contributed by atoms with Crippen molar-refractivity contribution in [1.29, 1.82) is 5.26 Å². The third-order valence-corrected chi connectivity index (χ3v) is 2.11. The molecule has 1 aromatic heterocycles. The quantitative estimate of drug-likeness (QED) is 0.623. The number of pyridine rings is 1. The van der Waals surface area contributed by atoms with Crippen LogP contribution in [0.15, 0.2) is 6.20 Å². The van der Waals surface area contributed by atoms with Crippen LogP contribution in [0.25, 0.3) is 0 Å². The number of aromatic nitrogens is 1. The largest absolute Gasteiger partial charge is 0.243 e. The molecule has 2 nitrogen and oxygen atoms in total. The van der Waals surface area contributed by atoms with Crippen LogP contribution >= 0.6 is 11.6 Å². The van der Waals surface area contributed by atoms with E-state index < -0.39 is 0 Å². The van der Waals surface area contributed by atoms with Gasteiger partial charge < -0.3 is 0 Å². The summed E-state index contributed by atoms with van der Waals surface area (Å²) in [6.45, 7) is 3.93. The summed E-state index contributed by atoms with van der Waals surface area (Å²) in [5.74, 6) is 0. The molecule has 0 amide bonds. The molecule has 0 radical (unpaired) electrons. The Morgan fingerprint density at radius 3 is 2.75 bits per heavy atom. The molecule has 0 saturated carbocycles. The summed E-state index contributed by atoms with van der Waals surface area (Å²) in [6.07, 6.45) is 2.51. The molecule has 1 rings (SSSR count). The SMILES string of the molecule is CCc1c(C)cnc(Cl)c1C#N. The van der Waals surface area contributed by atoms with Crippen molar-refractivity contribution in [2.45, 2.75) is 20.3 Å². The predicted octanol–water partition coefficient (Wildman–Crippen LogP) is 2.48. The Kier molecular flexibility index (Phi) is 2.67. The molecule has 3 heteroatoms. The van der Waals surface area contributed by atoms with Crippen LogP contribution in [0, 0.1) is 18.3 Å². The number of aryl methyl sites for hydroxylation is 1. The molecule has 1 heterocycles. The zero-order chi connectivity index (χ0) is 9.14. The van der Waals surface area contributed by atoms with Gasteiger partial charge in [0, 0.05) is 6.20 Å². The lowest BCUT2D eigenvalue weighted by Gasteiger charge is -2.04. The van der Waals surface area contributed by atoms with E-state index in [0.717, 1.165) is 17.5 Å². The molecule has 0 aliphatic carbocycles. The van der Waals surface area contributed by atoms with Crippen LogP contribution in [0.3, 0.4) is 0 Å². The summed E-state index contributed by atoms with van der Waals surface area (Å²) in [5, 5.41) is 9.09. The molecular weight excluding hydrogens is 172 g/mol. The molecule has 12 heavy (non-hydrogen) atoms. The van der Waals surface area contributed by atoms with Crippen LogP contribution in [-0.4, -0.2) is 4.98 Å². The Hall–Kier alpha value is -1.07. The fraction of sp³-hybridized carbons (Fsp3) is 0.333. The summed E-state index contributed by atoms with van der Waals surface area (Å²) in [6, 6.07) is 2.06. The van der Waals surface area contributed by atoms with Crippen molar-refractivity contribution in [2.75, 3.05) is 0 Å². The van der Waals surface area contributed by atoms with E-state index in [1.165, 1.54) is 0 Å². The Morgan fingerprint density at radius 2 is 2.33 bits per heavy atom. The van der Waals surface area contributed by atoms with Gasteiger partial charge in [0.25, 0.3) is 0 Å². The molecule has 1 aromatic rings. The van der Waals surface area contributed by atoms with Crippen molar-refractivity contribution in [3.8, 4) is 6.07 Å². The Bertz CT molecular complexity index is 339. The van der Waals surface area contributed by atoms with E-state index in [0.29, 0.717) is 10.7 Å². The van der Waals surface area contributed by atoms with Gasteiger partial charge in [-0.1, -0.05) is 18.5 Å². The molecule has 0 N–H and O–H groups in total. The van der Waals surface area contributed by atoms with Crippen LogP contribution < -0.4 is 0 Å². The zero-order valence-corrected chi connectivity index (χ0v) is 7.81. The van der Waals surface area contributed by atoms with E-state index in [4.69, 9.17) is 16.9 Å². The van der Waals surface area contributed by atoms with Crippen molar-refractivity contribution < 1.29 is 0 Å². The van der Waals surface area contributed by atoms with Gasteiger partial charge in [0.2, 0.25) is 0 Å². The van der Waals surface area contributed by atoms with Gasteiger partial charge in [0.1, 0.15) is 11.2 Å². The summed E-state index contributed by atoms with van der Waals surface area (Å²) >= 11 is 5.75. The standard InChI is InChI=1S/C9H9ClN2/c1-3-7-6(2)5-12-9(10)8(7)4-11/h5H,3H2,1-2H3. The highest BCUT2D eigenvalue weighted by Crippen LogP contribution is 2.19. The molecular formula is C9H9ClN2. The lowest BCUT2D eigenvalue weighted by molar-refractivity contribution is 1.07. The second-order valence-electron chi connectivity index (χ2n) is 2.55. The van der Waals surface area contributed by atoms with Crippen LogP contribution in [0.5, 0.6) is 0 Å². The second-order valence-corrected chi connectivity index (χ2v) is 2.91. The van der Waals surface area contributed by atoms with Gasteiger partial charge in [-0.15, -0.1) is 0 Å². The van der Waals surface area contributed by atoms with Crippen LogP contribution in [0.4, 0.5) is 0 Å². The summed E-state index contributed by atoms with van der Waals surface area (Å²) in [5.41, 5.74) is 2.54. The van der Waals surface area contributed by atoms with Crippen molar-refractivity contribution in [3.63, 3.8) is 0 Å². The third kappa shape index (κ3) is 1.41. The van der Waals surface area contributed by atoms with Crippen molar-refractivity contribution in [2.24, 2.45) is 0 Å². The van der Waals surface area contributed by atoms with Crippen molar-refractivity contribution >= 4 is 11.6 Å². The summed E-state index contributed by atoms with van der Waals surface area (Å²) in [7, 11) is 0. The molecule has 0 spiro atoms. The first-order valence-electron chi connectivity index (χ1n) is 3.74. The average molecular weight is 181 g/mol. The first-order valence-corrected chi connectivity index (χ1v) is 4.12. The zero-order valence-electron chi connectivity index (χ0n) is 7.06.